The molecule has 1 aliphatic heterocycles. The Morgan fingerprint density at radius 1 is 1.38 bits per heavy atom. The second-order valence-corrected chi connectivity index (χ2v) is 7.26. The molecule has 0 aromatic heterocycles. The summed E-state index contributed by atoms with van der Waals surface area (Å²) in [5.41, 5.74) is 6.00. The minimum Gasteiger partial charge on any atom is -0.381 e. The molecular formula is C14H21FN2O3S. The van der Waals surface area contributed by atoms with Crippen molar-refractivity contribution in [2.45, 2.75) is 31.1 Å². The van der Waals surface area contributed by atoms with Crippen LogP contribution in [0.3, 0.4) is 0 Å². The van der Waals surface area contributed by atoms with Gasteiger partial charge >= 0.3 is 0 Å². The van der Waals surface area contributed by atoms with Crippen molar-refractivity contribution in [3.63, 3.8) is 0 Å². The molecule has 21 heavy (non-hydrogen) atoms. The quantitative estimate of drug-likeness (QED) is 0.851. The van der Waals surface area contributed by atoms with Crippen molar-refractivity contribution in [3.05, 3.63) is 35.1 Å². The van der Waals surface area contributed by atoms with E-state index in [0.717, 1.165) is 0 Å². The molecule has 1 aliphatic rings. The summed E-state index contributed by atoms with van der Waals surface area (Å²) >= 11 is 0. The summed E-state index contributed by atoms with van der Waals surface area (Å²) in [6.07, 6.45) is 1.09. The van der Waals surface area contributed by atoms with E-state index in [-0.39, 0.29) is 12.3 Å². The average molecular weight is 316 g/mol. The number of sulfonamides is 1. The van der Waals surface area contributed by atoms with Crippen molar-refractivity contribution >= 4 is 10.0 Å². The molecular weight excluding hydrogens is 295 g/mol. The number of aryl methyl sites for hydroxylation is 1. The number of hydrogen-bond donors (Lipinski definition) is 2. The van der Waals surface area contributed by atoms with Crippen LogP contribution in [0.1, 0.15) is 24.0 Å². The van der Waals surface area contributed by atoms with Gasteiger partial charge in [-0.25, -0.2) is 17.5 Å². The number of hydrogen-bond acceptors (Lipinski definition) is 4. The van der Waals surface area contributed by atoms with Gasteiger partial charge in [0.2, 0.25) is 10.0 Å². The second-order valence-electron chi connectivity index (χ2n) is 5.54. The van der Waals surface area contributed by atoms with E-state index in [1.807, 2.05) is 0 Å². The molecule has 0 atom stereocenters. The van der Waals surface area contributed by atoms with Crippen LogP contribution >= 0.6 is 0 Å². The third kappa shape index (κ3) is 4.23. The van der Waals surface area contributed by atoms with E-state index in [9.17, 15) is 12.8 Å². The number of nitrogens with one attached hydrogen (secondary N) is 1. The predicted molar refractivity (Wildman–Crippen MR) is 78.7 cm³/mol. The predicted octanol–water partition coefficient (Wildman–Crippen LogP) is 1.06. The smallest absolute Gasteiger partial charge is 0.216 e. The minimum absolute atomic E-state index is 0.220. The fourth-order valence-corrected chi connectivity index (χ4v) is 4.06. The Kier molecular flexibility index (Phi) is 4.98. The van der Waals surface area contributed by atoms with Crippen molar-refractivity contribution in [1.29, 1.82) is 0 Å². The number of rotatable bonds is 5. The summed E-state index contributed by atoms with van der Waals surface area (Å²) < 4.78 is 46.0. The summed E-state index contributed by atoms with van der Waals surface area (Å²) in [5.74, 6) is -0.658. The van der Waals surface area contributed by atoms with Crippen molar-refractivity contribution in [2.75, 3.05) is 19.8 Å². The van der Waals surface area contributed by atoms with Crippen LogP contribution in [0.15, 0.2) is 18.2 Å². The SMILES string of the molecule is Cc1ccc(CS(=O)(=O)NC2(CN)CCOCC2)cc1F. The van der Waals surface area contributed by atoms with Gasteiger partial charge in [0.05, 0.1) is 5.75 Å². The Bertz CT molecular complexity index is 598. The lowest BCUT2D eigenvalue weighted by molar-refractivity contribution is 0.0502. The normalized spacial score (nSPS) is 18.6. The number of nitrogens with two attached hydrogens (primary N) is 1. The molecule has 0 aliphatic carbocycles. The first-order valence-electron chi connectivity index (χ1n) is 6.90. The van der Waals surface area contributed by atoms with Gasteiger partial charge in [0.25, 0.3) is 0 Å². The Balaban J connectivity index is 2.12. The summed E-state index contributed by atoms with van der Waals surface area (Å²) in [6.45, 7) is 2.83. The lowest BCUT2D eigenvalue weighted by Crippen LogP contribution is -2.56. The Morgan fingerprint density at radius 3 is 2.62 bits per heavy atom. The van der Waals surface area contributed by atoms with Crippen molar-refractivity contribution in [3.8, 4) is 0 Å². The molecule has 118 valence electrons. The molecule has 0 radical (unpaired) electrons. The maximum absolute atomic E-state index is 13.5. The molecule has 1 saturated heterocycles. The molecule has 0 saturated carbocycles. The molecule has 1 aromatic carbocycles. The molecule has 0 amide bonds. The maximum Gasteiger partial charge on any atom is 0.216 e. The Labute approximate surface area is 124 Å². The Morgan fingerprint density at radius 2 is 2.05 bits per heavy atom. The maximum atomic E-state index is 13.5. The third-order valence-electron chi connectivity index (χ3n) is 3.81. The highest BCUT2D eigenvalue weighted by Crippen LogP contribution is 2.21. The number of ether oxygens (including phenoxy) is 1. The average Bonchev–Trinajstić information content (AvgIpc) is 2.43. The van der Waals surface area contributed by atoms with Crippen LogP contribution in [-0.4, -0.2) is 33.7 Å². The number of benzene rings is 1. The van der Waals surface area contributed by atoms with E-state index in [2.05, 4.69) is 4.72 Å². The lowest BCUT2D eigenvalue weighted by Gasteiger charge is -2.36. The van der Waals surface area contributed by atoms with Crippen LogP contribution in [0.2, 0.25) is 0 Å². The number of halogens is 1. The molecule has 1 fully saturated rings. The van der Waals surface area contributed by atoms with Gasteiger partial charge in [-0.1, -0.05) is 12.1 Å². The van der Waals surface area contributed by atoms with Gasteiger partial charge in [-0.3, -0.25) is 0 Å². The molecule has 1 aromatic rings. The molecule has 5 nitrogen and oxygen atoms in total. The van der Waals surface area contributed by atoms with Crippen molar-refractivity contribution in [2.24, 2.45) is 5.73 Å². The molecule has 0 bridgehead atoms. The minimum atomic E-state index is -3.59. The first kappa shape index (κ1) is 16.4. The first-order chi connectivity index (χ1) is 9.86. The highest BCUT2D eigenvalue weighted by atomic mass is 32.2. The van der Waals surface area contributed by atoms with Crippen LogP contribution in [0, 0.1) is 12.7 Å². The first-order valence-corrected chi connectivity index (χ1v) is 8.56. The second kappa shape index (κ2) is 6.39. The van der Waals surface area contributed by atoms with Gasteiger partial charge in [-0.05, 0) is 37.0 Å². The van der Waals surface area contributed by atoms with Gasteiger partial charge in [-0.15, -0.1) is 0 Å². The van der Waals surface area contributed by atoms with E-state index in [1.54, 1.807) is 19.1 Å². The van der Waals surface area contributed by atoms with Gasteiger partial charge in [-0.2, -0.15) is 0 Å². The van der Waals surface area contributed by atoms with E-state index < -0.39 is 21.4 Å². The zero-order valence-electron chi connectivity index (χ0n) is 12.1. The molecule has 1 heterocycles. The fourth-order valence-electron chi connectivity index (χ4n) is 2.42. The van der Waals surface area contributed by atoms with Crippen LogP contribution in [0.25, 0.3) is 0 Å². The standard InChI is InChI=1S/C14H21FN2O3S/c1-11-2-3-12(8-13(11)15)9-21(18,19)17-14(10-16)4-6-20-7-5-14/h2-3,8,17H,4-7,9-10,16H2,1H3. The van der Waals surface area contributed by atoms with E-state index in [4.69, 9.17) is 10.5 Å². The summed E-state index contributed by atoms with van der Waals surface area (Å²) in [6, 6.07) is 4.46. The summed E-state index contributed by atoms with van der Waals surface area (Å²) in [7, 11) is -3.59. The zero-order valence-corrected chi connectivity index (χ0v) is 12.9. The Hall–Kier alpha value is -1.02. The lowest BCUT2D eigenvalue weighted by atomic mass is 9.92. The van der Waals surface area contributed by atoms with Gasteiger partial charge in [0.1, 0.15) is 5.82 Å². The van der Waals surface area contributed by atoms with Gasteiger partial charge < -0.3 is 10.5 Å². The van der Waals surface area contributed by atoms with E-state index in [0.29, 0.717) is 37.2 Å². The molecule has 0 spiro atoms. The van der Waals surface area contributed by atoms with Crippen LogP contribution in [0.5, 0.6) is 0 Å². The molecule has 2 rings (SSSR count). The molecule has 7 heteroatoms. The van der Waals surface area contributed by atoms with Gasteiger partial charge in [0, 0.05) is 25.3 Å². The van der Waals surface area contributed by atoms with Gasteiger partial charge in [0.15, 0.2) is 0 Å². The summed E-state index contributed by atoms with van der Waals surface area (Å²) in [4.78, 5) is 0. The largest absolute Gasteiger partial charge is 0.381 e. The third-order valence-corrected chi connectivity index (χ3v) is 5.26. The van der Waals surface area contributed by atoms with Crippen LogP contribution in [-0.2, 0) is 20.5 Å². The van der Waals surface area contributed by atoms with Crippen LogP contribution < -0.4 is 10.5 Å². The van der Waals surface area contributed by atoms with E-state index in [1.165, 1.54) is 6.07 Å². The van der Waals surface area contributed by atoms with E-state index >= 15 is 0 Å². The molecule has 3 N–H and O–H groups in total. The monoisotopic (exact) mass is 316 g/mol. The highest BCUT2D eigenvalue weighted by Gasteiger charge is 2.35. The summed E-state index contributed by atoms with van der Waals surface area (Å²) in [5, 5.41) is 0. The van der Waals surface area contributed by atoms with Crippen molar-refractivity contribution < 1.29 is 17.5 Å². The van der Waals surface area contributed by atoms with Crippen molar-refractivity contribution in [1.82, 2.24) is 4.72 Å². The zero-order chi connectivity index (χ0) is 15.5. The van der Waals surface area contributed by atoms with Crippen LogP contribution in [0.4, 0.5) is 4.39 Å². The fraction of sp³-hybridized carbons (Fsp3) is 0.571. The topological polar surface area (TPSA) is 81.4 Å². The highest BCUT2D eigenvalue weighted by molar-refractivity contribution is 7.88. The molecule has 0 unspecified atom stereocenters.